The summed E-state index contributed by atoms with van der Waals surface area (Å²) in [6, 6.07) is 9.17. The Balaban J connectivity index is 2.48. The Kier molecular flexibility index (Phi) is 6.19. The molecular weight excluding hydrogens is 210 g/mol. The van der Waals surface area contributed by atoms with Gasteiger partial charge in [-0.3, -0.25) is 11.3 Å². The molecule has 0 aliphatic rings. The van der Waals surface area contributed by atoms with Crippen molar-refractivity contribution in [2.24, 2.45) is 5.84 Å². The molecule has 17 heavy (non-hydrogen) atoms. The number of nitrogens with two attached hydrogens (primary N) is 1. The first-order valence-electron chi connectivity index (χ1n) is 6.34. The fraction of sp³-hybridized carbons (Fsp3) is 0.571. The summed E-state index contributed by atoms with van der Waals surface area (Å²) in [4.78, 5) is 2.19. The monoisotopic (exact) mass is 235 g/mol. The largest absolute Gasteiger partial charge is 0.309 e. The SMILES string of the molecule is CCc1ccc(CC(CCN(C)C)NN)cc1. The Hall–Kier alpha value is -0.900. The molecule has 0 heterocycles. The van der Waals surface area contributed by atoms with Crippen molar-refractivity contribution in [2.75, 3.05) is 20.6 Å². The standard InChI is InChI=1S/C14H25N3/c1-4-12-5-7-13(8-6-12)11-14(16-15)9-10-17(2)3/h5-8,14,16H,4,9-11,15H2,1-3H3. The molecule has 0 aromatic heterocycles. The molecule has 1 aromatic carbocycles. The topological polar surface area (TPSA) is 41.3 Å². The molecule has 96 valence electrons. The summed E-state index contributed by atoms with van der Waals surface area (Å²) in [5.74, 6) is 5.59. The fourth-order valence-corrected chi connectivity index (χ4v) is 1.85. The van der Waals surface area contributed by atoms with Crippen LogP contribution in [0.3, 0.4) is 0 Å². The maximum Gasteiger partial charge on any atom is 0.0263 e. The van der Waals surface area contributed by atoms with Crippen LogP contribution in [0.25, 0.3) is 0 Å². The van der Waals surface area contributed by atoms with Gasteiger partial charge in [0, 0.05) is 6.04 Å². The summed E-state index contributed by atoms with van der Waals surface area (Å²) in [6.07, 6.45) is 3.16. The molecule has 0 aliphatic carbocycles. The lowest BCUT2D eigenvalue weighted by Crippen LogP contribution is -2.38. The molecule has 0 amide bonds. The normalized spacial score (nSPS) is 13.0. The number of nitrogens with one attached hydrogen (secondary N) is 1. The third kappa shape index (κ3) is 5.31. The smallest absolute Gasteiger partial charge is 0.0263 e. The fourth-order valence-electron chi connectivity index (χ4n) is 1.85. The van der Waals surface area contributed by atoms with Gasteiger partial charge < -0.3 is 4.90 Å². The molecule has 0 saturated heterocycles. The molecule has 0 saturated carbocycles. The van der Waals surface area contributed by atoms with Crippen molar-refractivity contribution in [1.29, 1.82) is 0 Å². The molecule has 3 N–H and O–H groups in total. The second-order valence-corrected chi connectivity index (χ2v) is 4.83. The van der Waals surface area contributed by atoms with Gasteiger partial charge in [0.1, 0.15) is 0 Å². The highest BCUT2D eigenvalue weighted by atomic mass is 15.2. The van der Waals surface area contributed by atoms with Crippen LogP contribution in [-0.4, -0.2) is 31.6 Å². The minimum absolute atomic E-state index is 0.352. The lowest BCUT2D eigenvalue weighted by Gasteiger charge is -2.18. The quantitative estimate of drug-likeness (QED) is 0.557. The van der Waals surface area contributed by atoms with Crippen LogP contribution >= 0.6 is 0 Å². The first-order valence-corrected chi connectivity index (χ1v) is 6.34. The lowest BCUT2D eigenvalue weighted by atomic mass is 10.0. The van der Waals surface area contributed by atoms with Crippen molar-refractivity contribution in [3.05, 3.63) is 35.4 Å². The molecule has 0 radical (unpaired) electrons. The number of hydrogen-bond donors (Lipinski definition) is 2. The van der Waals surface area contributed by atoms with Gasteiger partial charge in [-0.15, -0.1) is 0 Å². The lowest BCUT2D eigenvalue weighted by molar-refractivity contribution is 0.358. The van der Waals surface area contributed by atoms with Crippen molar-refractivity contribution >= 4 is 0 Å². The van der Waals surface area contributed by atoms with Crippen LogP contribution in [0.4, 0.5) is 0 Å². The molecule has 0 bridgehead atoms. The number of rotatable bonds is 7. The van der Waals surface area contributed by atoms with Gasteiger partial charge in [-0.2, -0.15) is 0 Å². The minimum atomic E-state index is 0.352. The average Bonchev–Trinajstić information content (AvgIpc) is 2.35. The Morgan fingerprint density at radius 3 is 2.24 bits per heavy atom. The van der Waals surface area contributed by atoms with Crippen LogP contribution < -0.4 is 11.3 Å². The number of hydrogen-bond acceptors (Lipinski definition) is 3. The summed E-state index contributed by atoms with van der Waals surface area (Å²) in [5, 5.41) is 0. The van der Waals surface area contributed by atoms with Gasteiger partial charge in [-0.25, -0.2) is 0 Å². The van der Waals surface area contributed by atoms with Crippen molar-refractivity contribution in [3.63, 3.8) is 0 Å². The van der Waals surface area contributed by atoms with Crippen LogP contribution in [0.15, 0.2) is 24.3 Å². The zero-order chi connectivity index (χ0) is 12.7. The highest BCUT2D eigenvalue weighted by Gasteiger charge is 2.08. The maximum atomic E-state index is 5.59. The summed E-state index contributed by atoms with van der Waals surface area (Å²) in [6.45, 7) is 3.23. The summed E-state index contributed by atoms with van der Waals surface area (Å²) >= 11 is 0. The molecule has 3 heteroatoms. The van der Waals surface area contributed by atoms with Gasteiger partial charge in [-0.05, 0) is 51.0 Å². The summed E-state index contributed by atoms with van der Waals surface area (Å²) < 4.78 is 0. The van der Waals surface area contributed by atoms with E-state index >= 15 is 0 Å². The molecule has 1 rings (SSSR count). The highest BCUT2D eigenvalue weighted by molar-refractivity contribution is 5.23. The molecule has 1 aromatic rings. The van der Waals surface area contributed by atoms with E-state index in [2.05, 4.69) is 55.6 Å². The van der Waals surface area contributed by atoms with Crippen LogP contribution in [0.5, 0.6) is 0 Å². The van der Waals surface area contributed by atoms with Crippen LogP contribution in [0.2, 0.25) is 0 Å². The van der Waals surface area contributed by atoms with Crippen molar-refractivity contribution < 1.29 is 0 Å². The van der Waals surface area contributed by atoms with E-state index < -0.39 is 0 Å². The Morgan fingerprint density at radius 1 is 1.18 bits per heavy atom. The van der Waals surface area contributed by atoms with Gasteiger partial charge in [-0.1, -0.05) is 31.2 Å². The number of nitrogens with zero attached hydrogens (tertiary/aromatic N) is 1. The van der Waals surface area contributed by atoms with E-state index in [9.17, 15) is 0 Å². The van der Waals surface area contributed by atoms with Gasteiger partial charge >= 0.3 is 0 Å². The van der Waals surface area contributed by atoms with Gasteiger partial charge in [0.15, 0.2) is 0 Å². The Bertz CT molecular complexity index is 306. The van der Waals surface area contributed by atoms with E-state index in [-0.39, 0.29) is 0 Å². The third-order valence-electron chi connectivity index (χ3n) is 3.07. The van der Waals surface area contributed by atoms with Crippen LogP contribution in [0.1, 0.15) is 24.5 Å². The molecule has 1 unspecified atom stereocenters. The minimum Gasteiger partial charge on any atom is -0.309 e. The molecule has 3 nitrogen and oxygen atoms in total. The first kappa shape index (κ1) is 14.2. The second-order valence-electron chi connectivity index (χ2n) is 4.83. The Morgan fingerprint density at radius 2 is 1.76 bits per heavy atom. The van der Waals surface area contributed by atoms with Crippen molar-refractivity contribution in [2.45, 2.75) is 32.2 Å². The molecule has 0 aliphatic heterocycles. The maximum absolute atomic E-state index is 5.59. The van der Waals surface area contributed by atoms with Crippen LogP contribution in [0, 0.1) is 0 Å². The van der Waals surface area contributed by atoms with E-state index in [1.807, 2.05) is 0 Å². The van der Waals surface area contributed by atoms with Gasteiger partial charge in [0.05, 0.1) is 0 Å². The summed E-state index contributed by atoms with van der Waals surface area (Å²) in [7, 11) is 4.17. The van der Waals surface area contributed by atoms with Crippen molar-refractivity contribution in [1.82, 2.24) is 10.3 Å². The number of benzene rings is 1. The molecule has 0 fully saturated rings. The molecular formula is C14H25N3. The number of aryl methyl sites for hydroxylation is 1. The molecule has 1 atom stereocenters. The zero-order valence-corrected chi connectivity index (χ0v) is 11.2. The Labute approximate surface area is 105 Å². The first-order chi connectivity index (χ1) is 8.15. The highest BCUT2D eigenvalue weighted by Crippen LogP contribution is 2.09. The predicted molar refractivity (Wildman–Crippen MR) is 73.8 cm³/mol. The van der Waals surface area contributed by atoms with Crippen LogP contribution in [-0.2, 0) is 12.8 Å². The molecule has 0 spiro atoms. The van der Waals surface area contributed by atoms with Gasteiger partial charge in [0.25, 0.3) is 0 Å². The van der Waals surface area contributed by atoms with E-state index in [1.165, 1.54) is 11.1 Å². The number of hydrazine groups is 1. The van der Waals surface area contributed by atoms with E-state index in [0.717, 1.165) is 25.8 Å². The van der Waals surface area contributed by atoms with E-state index in [1.54, 1.807) is 0 Å². The third-order valence-corrected chi connectivity index (χ3v) is 3.07. The van der Waals surface area contributed by atoms with Gasteiger partial charge in [0.2, 0.25) is 0 Å². The predicted octanol–water partition coefficient (Wildman–Crippen LogP) is 1.58. The van der Waals surface area contributed by atoms with E-state index in [0.29, 0.717) is 6.04 Å². The summed E-state index contributed by atoms with van der Waals surface area (Å²) in [5.41, 5.74) is 5.65. The van der Waals surface area contributed by atoms with Crippen molar-refractivity contribution in [3.8, 4) is 0 Å². The average molecular weight is 235 g/mol. The zero-order valence-electron chi connectivity index (χ0n) is 11.2. The second kappa shape index (κ2) is 7.43. The van der Waals surface area contributed by atoms with E-state index in [4.69, 9.17) is 5.84 Å².